The van der Waals surface area contributed by atoms with Gasteiger partial charge in [0.05, 0.1) is 5.52 Å². The Balaban J connectivity index is 1.88. The molecule has 0 amide bonds. The van der Waals surface area contributed by atoms with Crippen LogP contribution in [0.1, 0.15) is 12.0 Å². The van der Waals surface area contributed by atoms with Crippen LogP contribution in [0.2, 0.25) is 0 Å². The molecule has 19 heavy (non-hydrogen) atoms. The standard InChI is InChI=1S/C14H21N3O2/c1-15-7-3-8-17(2)9-6-11-4-5-13-12(10-11)16-14(18)19-13/h4-5,10,15H,3,6-9H2,1-2H3,(H,16,18). The average Bonchev–Trinajstić information content (AvgIpc) is 2.76. The monoisotopic (exact) mass is 263 g/mol. The smallest absolute Gasteiger partial charge is 0.408 e. The van der Waals surface area contributed by atoms with Gasteiger partial charge in [0.15, 0.2) is 5.58 Å². The van der Waals surface area contributed by atoms with E-state index >= 15 is 0 Å². The van der Waals surface area contributed by atoms with Gasteiger partial charge in [0.1, 0.15) is 0 Å². The van der Waals surface area contributed by atoms with E-state index in [2.05, 4.69) is 22.2 Å². The molecule has 1 aromatic heterocycles. The zero-order valence-corrected chi connectivity index (χ0v) is 11.5. The molecule has 0 spiro atoms. The predicted molar refractivity (Wildman–Crippen MR) is 76.6 cm³/mol. The van der Waals surface area contributed by atoms with Gasteiger partial charge in [-0.3, -0.25) is 4.98 Å². The second-order valence-corrected chi connectivity index (χ2v) is 4.86. The molecule has 0 saturated heterocycles. The van der Waals surface area contributed by atoms with Gasteiger partial charge in [0.25, 0.3) is 0 Å². The molecule has 0 radical (unpaired) electrons. The maximum Gasteiger partial charge on any atom is 0.417 e. The first kappa shape index (κ1) is 13.8. The minimum Gasteiger partial charge on any atom is -0.408 e. The number of likely N-dealkylation sites (N-methyl/N-ethyl adjacent to an activating group) is 1. The van der Waals surface area contributed by atoms with Crippen LogP contribution in [0, 0.1) is 0 Å². The summed E-state index contributed by atoms with van der Waals surface area (Å²) in [6, 6.07) is 5.85. The Labute approximate surface area is 112 Å². The second-order valence-electron chi connectivity index (χ2n) is 4.86. The fourth-order valence-electron chi connectivity index (χ4n) is 2.11. The first-order chi connectivity index (χ1) is 9.19. The molecule has 0 aliphatic carbocycles. The molecule has 2 rings (SSSR count). The van der Waals surface area contributed by atoms with E-state index in [4.69, 9.17) is 4.42 Å². The van der Waals surface area contributed by atoms with Crippen LogP contribution in [0.4, 0.5) is 0 Å². The van der Waals surface area contributed by atoms with Crippen molar-refractivity contribution in [1.29, 1.82) is 0 Å². The number of hydrogen-bond donors (Lipinski definition) is 2. The predicted octanol–water partition coefficient (Wildman–Crippen LogP) is 1.20. The lowest BCUT2D eigenvalue weighted by Crippen LogP contribution is -2.24. The number of nitrogens with zero attached hydrogens (tertiary/aromatic N) is 1. The molecule has 2 N–H and O–H groups in total. The molecule has 5 heteroatoms. The van der Waals surface area contributed by atoms with Crippen molar-refractivity contribution in [3.8, 4) is 0 Å². The molecule has 5 nitrogen and oxygen atoms in total. The number of oxazole rings is 1. The fraction of sp³-hybridized carbons (Fsp3) is 0.500. The number of benzene rings is 1. The molecular formula is C14H21N3O2. The molecule has 0 fully saturated rings. The Kier molecular flexibility index (Phi) is 4.76. The van der Waals surface area contributed by atoms with Gasteiger partial charge < -0.3 is 14.6 Å². The third kappa shape index (κ3) is 3.94. The summed E-state index contributed by atoms with van der Waals surface area (Å²) in [6.07, 6.45) is 2.13. The van der Waals surface area contributed by atoms with Crippen LogP contribution in [0.5, 0.6) is 0 Å². The highest BCUT2D eigenvalue weighted by atomic mass is 16.4. The number of nitrogens with one attached hydrogen (secondary N) is 2. The van der Waals surface area contributed by atoms with Crippen LogP contribution < -0.4 is 11.1 Å². The fourth-order valence-corrected chi connectivity index (χ4v) is 2.11. The molecule has 1 heterocycles. The van der Waals surface area contributed by atoms with Crippen molar-refractivity contribution in [3.63, 3.8) is 0 Å². The van der Waals surface area contributed by atoms with Crippen molar-refractivity contribution >= 4 is 11.1 Å². The van der Waals surface area contributed by atoms with E-state index < -0.39 is 5.76 Å². The van der Waals surface area contributed by atoms with Crippen LogP contribution in [0.15, 0.2) is 27.4 Å². The molecule has 0 unspecified atom stereocenters. The summed E-state index contributed by atoms with van der Waals surface area (Å²) in [5.41, 5.74) is 2.61. The van der Waals surface area contributed by atoms with Crippen LogP contribution in [-0.2, 0) is 6.42 Å². The van der Waals surface area contributed by atoms with Crippen molar-refractivity contribution in [1.82, 2.24) is 15.2 Å². The van der Waals surface area contributed by atoms with Gasteiger partial charge in [0.2, 0.25) is 0 Å². The molecule has 0 atom stereocenters. The van der Waals surface area contributed by atoms with Crippen LogP contribution in [-0.4, -0.2) is 43.6 Å². The van der Waals surface area contributed by atoms with Gasteiger partial charge >= 0.3 is 5.76 Å². The average molecular weight is 263 g/mol. The molecule has 2 aromatic rings. The Morgan fingerprint density at radius 1 is 1.37 bits per heavy atom. The van der Waals surface area contributed by atoms with Gasteiger partial charge in [-0.2, -0.15) is 0 Å². The van der Waals surface area contributed by atoms with E-state index in [-0.39, 0.29) is 0 Å². The lowest BCUT2D eigenvalue weighted by atomic mass is 10.1. The minimum absolute atomic E-state index is 0.392. The summed E-state index contributed by atoms with van der Waals surface area (Å²) in [5.74, 6) is -0.392. The Morgan fingerprint density at radius 3 is 3.00 bits per heavy atom. The number of aromatic nitrogens is 1. The largest absolute Gasteiger partial charge is 0.417 e. The topological polar surface area (TPSA) is 61.3 Å². The van der Waals surface area contributed by atoms with Crippen LogP contribution in [0.3, 0.4) is 0 Å². The third-order valence-electron chi connectivity index (χ3n) is 3.23. The van der Waals surface area contributed by atoms with Crippen LogP contribution in [0.25, 0.3) is 11.1 Å². The first-order valence-electron chi connectivity index (χ1n) is 6.64. The lowest BCUT2D eigenvalue weighted by Gasteiger charge is -2.16. The summed E-state index contributed by atoms with van der Waals surface area (Å²) < 4.78 is 4.99. The number of fused-ring (bicyclic) bond motifs is 1. The molecule has 0 aliphatic heterocycles. The maximum absolute atomic E-state index is 11.1. The van der Waals surface area contributed by atoms with Crippen molar-refractivity contribution in [3.05, 3.63) is 34.3 Å². The quantitative estimate of drug-likeness (QED) is 0.737. The van der Waals surface area contributed by atoms with Crippen molar-refractivity contribution < 1.29 is 4.42 Å². The molecular weight excluding hydrogens is 242 g/mol. The third-order valence-corrected chi connectivity index (χ3v) is 3.23. The highest BCUT2D eigenvalue weighted by molar-refractivity contribution is 5.72. The van der Waals surface area contributed by atoms with E-state index in [1.54, 1.807) is 0 Å². The van der Waals surface area contributed by atoms with E-state index in [1.165, 1.54) is 5.56 Å². The highest BCUT2D eigenvalue weighted by Gasteiger charge is 2.03. The summed E-state index contributed by atoms with van der Waals surface area (Å²) in [6.45, 7) is 3.15. The first-order valence-corrected chi connectivity index (χ1v) is 6.64. The molecule has 0 saturated carbocycles. The number of aromatic amines is 1. The highest BCUT2D eigenvalue weighted by Crippen LogP contribution is 2.12. The van der Waals surface area contributed by atoms with E-state index in [1.807, 2.05) is 25.2 Å². The van der Waals surface area contributed by atoms with Crippen molar-refractivity contribution in [2.24, 2.45) is 0 Å². The van der Waals surface area contributed by atoms with Crippen LogP contribution >= 0.6 is 0 Å². The summed E-state index contributed by atoms with van der Waals surface area (Å²) >= 11 is 0. The van der Waals surface area contributed by atoms with Gasteiger partial charge in [-0.15, -0.1) is 0 Å². The van der Waals surface area contributed by atoms with Gasteiger partial charge in [-0.25, -0.2) is 4.79 Å². The Hall–Kier alpha value is -1.59. The zero-order valence-electron chi connectivity index (χ0n) is 11.5. The SMILES string of the molecule is CNCCCN(C)CCc1ccc2oc(=O)[nH]c2c1. The molecule has 1 aromatic carbocycles. The van der Waals surface area contributed by atoms with Gasteiger partial charge in [-0.1, -0.05) is 6.07 Å². The Morgan fingerprint density at radius 2 is 2.21 bits per heavy atom. The van der Waals surface area contributed by atoms with Gasteiger partial charge in [-0.05, 0) is 57.7 Å². The summed E-state index contributed by atoms with van der Waals surface area (Å²) in [5, 5.41) is 3.15. The Bertz CT molecular complexity index is 573. The van der Waals surface area contributed by atoms with E-state index in [0.717, 1.165) is 38.0 Å². The number of H-pyrrole nitrogens is 1. The zero-order chi connectivity index (χ0) is 13.7. The number of hydrogen-bond acceptors (Lipinski definition) is 4. The van der Waals surface area contributed by atoms with Gasteiger partial charge in [0, 0.05) is 6.54 Å². The molecule has 0 aliphatic rings. The lowest BCUT2D eigenvalue weighted by molar-refractivity contribution is 0.332. The second kappa shape index (κ2) is 6.54. The normalized spacial score (nSPS) is 11.5. The summed E-state index contributed by atoms with van der Waals surface area (Å²) in [4.78, 5) is 16.1. The summed E-state index contributed by atoms with van der Waals surface area (Å²) in [7, 11) is 4.11. The minimum atomic E-state index is -0.392. The van der Waals surface area contributed by atoms with Crippen molar-refractivity contribution in [2.45, 2.75) is 12.8 Å². The number of rotatable bonds is 7. The molecule has 0 bridgehead atoms. The van der Waals surface area contributed by atoms with E-state index in [9.17, 15) is 4.79 Å². The maximum atomic E-state index is 11.1. The van der Waals surface area contributed by atoms with Crippen molar-refractivity contribution in [2.75, 3.05) is 33.7 Å². The molecule has 104 valence electrons. The van der Waals surface area contributed by atoms with E-state index in [0.29, 0.717) is 5.58 Å².